The van der Waals surface area contributed by atoms with Crippen molar-refractivity contribution in [2.75, 3.05) is 26.8 Å². The molecule has 51 heavy (non-hydrogen) atoms. The van der Waals surface area contributed by atoms with Gasteiger partial charge in [-0.2, -0.15) is 0 Å². The van der Waals surface area contributed by atoms with Gasteiger partial charge in [0.05, 0.1) is 49.5 Å². The maximum absolute atomic E-state index is 13.5. The lowest BCUT2D eigenvalue weighted by Crippen LogP contribution is -2.51. The van der Waals surface area contributed by atoms with Crippen LogP contribution in [-0.4, -0.2) is 80.7 Å². The van der Waals surface area contributed by atoms with Gasteiger partial charge in [-0.05, 0) is 72.1 Å². The Morgan fingerprint density at radius 3 is 2.08 bits per heavy atom. The highest BCUT2D eigenvalue weighted by Crippen LogP contribution is 2.56. The minimum atomic E-state index is -0.677. The maximum Gasteiger partial charge on any atom is 0.407 e. The lowest BCUT2D eigenvalue weighted by Gasteiger charge is -2.30. The number of benzene rings is 2. The van der Waals surface area contributed by atoms with Crippen molar-refractivity contribution in [1.82, 2.24) is 35.5 Å². The van der Waals surface area contributed by atoms with Gasteiger partial charge in [0.2, 0.25) is 11.8 Å². The minimum Gasteiger partial charge on any atom is -0.453 e. The summed E-state index contributed by atoms with van der Waals surface area (Å²) in [7, 11) is 1.29. The second kappa shape index (κ2) is 14.7. The average molecular weight is 694 g/mol. The summed E-state index contributed by atoms with van der Waals surface area (Å²) in [5.41, 5.74) is 6.00. The van der Waals surface area contributed by atoms with Gasteiger partial charge in [0.15, 0.2) is 0 Å². The molecule has 1 aliphatic heterocycles. The lowest BCUT2D eigenvalue weighted by molar-refractivity contribution is -0.135. The number of aliphatic hydroxyl groups excluding tert-OH is 1. The number of carbonyl (C=O) groups excluding carboxylic acids is 3. The highest BCUT2D eigenvalue weighted by atomic mass is 16.5. The van der Waals surface area contributed by atoms with Crippen LogP contribution >= 0.6 is 0 Å². The number of ether oxygens (including phenoxy) is 1. The van der Waals surface area contributed by atoms with Crippen LogP contribution in [0.2, 0.25) is 0 Å². The van der Waals surface area contributed by atoms with E-state index in [9.17, 15) is 19.5 Å². The van der Waals surface area contributed by atoms with E-state index in [4.69, 9.17) is 9.72 Å². The Labute approximate surface area is 297 Å². The number of likely N-dealkylation sites (tertiary alicyclic amines) is 1. The van der Waals surface area contributed by atoms with Crippen LogP contribution in [-0.2, 0) is 14.3 Å². The number of hydrogen-bond acceptors (Lipinski definition) is 7. The average Bonchev–Trinajstić information content (AvgIpc) is 4.00. The van der Waals surface area contributed by atoms with Crippen molar-refractivity contribution in [1.29, 1.82) is 0 Å². The first kappa shape index (κ1) is 34.5. The molecule has 3 aliphatic rings. The number of amides is 3. The molecule has 7 rings (SSSR count). The van der Waals surface area contributed by atoms with Crippen LogP contribution in [0.15, 0.2) is 60.9 Å². The Balaban J connectivity index is 1.01. The zero-order valence-electron chi connectivity index (χ0n) is 29.4. The molecule has 12 nitrogen and oxygen atoms in total. The molecular formula is C39H47N7O5. The molecule has 3 fully saturated rings. The molecule has 3 heterocycles. The van der Waals surface area contributed by atoms with Crippen molar-refractivity contribution in [3.63, 3.8) is 0 Å². The van der Waals surface area contributed by atoms with Crippen LogP contribution in [0.25, 0.3) is 33.6 Å². The van der Waals surface area contributed by atoms with Crippen LogP contribution in [0, 0.1) is 23.7 Å². The number of aliphatic hydroxyl groups is 1. The first-order chi connectivity index (χ1) is 24.7. The number of carbonyl (C=O) groups is 3. The molecule has 3 amide bonds. The topological polar surface area (TPSA) is 165 Å². The Morgan fingerprint density at radius 1 is 0.882 bits per heavy atom. The van der Waals surface area contributed by atoms with E-state index in [2.05, 4.69) is 74.1 Å². The zero-order valence-corrected chi connectivity index (χ0v) is 29.4. The molecule has 0 spiro atoms. The lowest BCUT2D eigenvalue weighted by atomic mass is 9.78. The highest BCUT2D eigenvalue weighted by Gasteiger charge is 2.52. The van der Waals surface area contributed by atoms with Crippen LogP contribution in [0.3, 0.4) is 0 Å². The summed E-state index contributed by atoms with van der Waals surface area (Å²) < 4.78 is 4.75. The quantitative estimate of drug-likeness (QED) is 0.140. The van der Waals surface area contributed by atoms with E-state index in [1.807, 2.05) is 31.1 Å². The number of H-pyrrole nitrogens is 2. The number of nitrogens with zero attached hydrogens (tertiary/aromatic N) is 3. The minimum absolute atomic E-state index is 0.0288. The van der Waals surface area contributed by atoms with Gasteiger partial charge >= 0.3 is 6.09 Å². The van der Waals surface area contributed by atoms with Crippen LogP contribution in [0.1, 0.15) is 69.6 Å². The molecule has 2 saturated carbocycles. The fourth-order valence-electron chi connectivity index (χ4n) is 8.54. The summed E-state index contributed by atoms with van der Waals surface area (Å²) in [6, 6.07) is 15.8. The van der Waals surface area contributed by atoms with Gasteiger partial charge in [0.1, 0.15) is 17.7 Å². The standard InChI is InChI=1S/C39H47N7O5/c1-22(2)34(45-39(50)51-3)38(49)46-17-4-5-31(46)35-41-20-29(43-35)25-10-6-23(7-11-25)24-8-12-26(13-9-24)30-21-42-36(44-30)32-27-14-15-28(19-27)33(32)37(48)40-16-18-47/h6-13,20-22,27-28,31-34,47H,4-5,14-19H2,1-3H3,(H,40,48)(H,41,43)(H,42,44)(H,45,50)/t27?,28?,31-,32+,33?,34-/m0/s1. The molecule has 4 aromatic rings. The number of fused-ring (bicyclic) bond motifs is 2. The first-order valence-electron chi connectivity index (χ1n) is 18.1. The summed E-state index contributed by atoms with van der Waals surface area (Å²) in [6.07, 6.45) is 7.98. The third-order valence-corrected chi connectivity index (χ3v) is 11.1. The van der Waals surface area contributed by atoms with E-state index >= 15 is 0 Å². The Kier molecular flexibility index (Phi) is 9.95. The van der Waals surface area contributed by atoms with Crippen molar-refractivity contribution in [2.24, 2.45) is 23.7 Å². The van der Waals surface area contributed by atoms with Crippen molar-refractivity contribution >= 4 is 17.9 Å². The van der Waals surface area contributed by atoms with Crippen LogP contribution in [0.4, 0.5) is 4.79 Å². The Hall–Kier alpha value is -4.97. The number of aromatic nitrogens is 4. The summed E-state index contributed by atoms with van der Waals surface area (Å²) in [4.78, 5) is 56.7. The fraction of sp³-hybridized carbons (Fsp3) is 0.462. The van der Waals surface area contributed by atoms with Crippen LogP contribution in [0.5, 0.6) is 0 Å². The smallest absolute Gasteiger partial charge is 0.407 e. The SMILES string of the molecule is COC(=O)N[C@H](C(=O)N1CCC[C@H]1c1ncc(-c2ccc(-c3ccc(-c4cnc([C@@H]5C6CCC(C6)C5C(=O)NCCO)[nH]4)cc3)cc2)[nH]1)C(C)C. The van der Waals surface area contributed by atoms with Gasteiger partial charge in [0.25, 0.3) is 0 Å². The predicted molar refractivity (Wildman–Crippen MR) is 192 cm³/mol. The predicted octanol–water partition coefficient (Wildman–Crippen LogP) is 5.42. The van der Waals surface area contributed by atoms with Gasteiger partial charge < -0.3 is 35.3 Å². The molecule has 3 unspecified atom stereocenters. The van der Waals surface area contributed by atoms with Crippen molar-refractivity contribution < 1.29 is 24.2 Å². The molecule has 1 saturated heterocycles. The molecular weight excluding hydrogens is 646 g/mol. The Morgan fingerprint density at radius 2 is 1.47 bits per heavy atom. The van der Waals surface area contributed by atoms with Crippen molar-refractivity contribution in [3.8, 4) is 33.6 Å². The van der Waals surface area contributed by atoms with E-state index in [0.29, 0.717) is 18.4 Å². The van der Waals surface area contributed by atoms with Gasteiger partial charge in [-0.3, -0.25) is 9.59 Å². The van der Waals surface area contributed by atoms with Gasteiger partial charge in [-0.15, -0.1) is 0 Å². The van der Waals surface area contributed by atoms with E-state index in [1.54, 1.807) is 0 Å². The normalized spacial score (nSPS) is 23.1. The van der Waals surface area contributed by atoms with E-state index < -0.39 is 12.1 Å². The summed E-state index contributed by atoms with van der Waals surface area (Å²) in [6.45, 7) is 4.64. The van der Waals surface area contributed by atoms with Crippen molar-refractivity contribution in [3.05, 3.63) is 72.6 Å². The third-order valence-electron chi connectivity index (χ3n) is 11.1. The molecule has 2 bridgehead atoms. The summed E-state index contributed by atoms with van der Waals surface area (Å²) in [5.74, 6) is 2.22. The molecule has 12 heteroatoms. The second-order valence-corrected chi connectivity index (χ2v) is 14.5. The highest BCUT2D eigenvalue weighted by molar-refractivity contribution is 5.86. The molecule has 2 aliphatic carbocycles. The van der Waals surface area contributed by atoms with Crippen LogP contribution < -0.4 is 10.6 Å². The van der Waals surface area contributed by atoms with Gasteiger partial charge in [-0.25, -0.2) is 14.8 Å². The number of rotatable bonds is 11. The Bertz CT molecular complexity index is 1850. The largest absolute Gasteiger partial charge is 0.453 e. The first-order valence-corrected chi connectivity index (χ1v) is 18.1. The second-order valence-electron chi connectivity index (χ2n) is 14.5. The van der Waals surface area contributed by atoms with E-state index in [1.165, 1.54) is 7.11 Å². The number of nitrogens with one attached hydrogen (secondary N) is 4. The number of alkyl carbamates (subject to hydrolysis) is 1. The summed E-state index contributed by atoms with van der Waals surface area (Å²) in [5, 5.41) is 14.8. The van der Waals surface area contributed by atoms with E-state index in [0.717, 1.165) is 77.4 Å². The molecule has 6 atom stereocenters. The number of methoxy groups -OCH3 is 1. The number of hydrogen-bond donors (Lipinski definition) is 5. The van der Waals surface area contributed by atoms with Gasteiger partial charge in [0, 0.05) is 19.0 Å². The molecule has 5 N–H and O–H groups in total. The molecule has 0 radical (unpaired) electrons. The monoisotopic (exact) mass is 693 g/mol. The van der Waals surface area contributed by atoms with Gasteiger partial charge in [-0.1, -0.05) is 62.4 Å². The molecule has 2 aromatic heterocycles. The fourth-order valence-corrected chi connectivity index (χ4v) is 8.54. The maximum atomic E-state index is 13.5. The zero-order chi connectivity index (χ0) is 35.6. The molecule has 268 valence electrons. The number of aromatic amines is 2. The van der Waals surface area contributed by atoms with E-state index in [-0.39, 0.29) is 48.8 Å². The third kappa shape index (κ3) is 6.89. The summed E-state index contributed by atoms with van der Waals surface area (Å²) >= 11 is 0. The van der Waals surface area contributed by atoms with Crippen molar-refractivity contribution in [2.45, 2.75) is 64.0 Å². The molecule has 2 aromatic carbocycles. The number of imidazole rings is 2.